The Morgan fingerprint density at radius 3 is 2.08 bits per heavy atom. The monoisotopic (exact) mass is 346 g/mol. The molecule has 3 rings (SSSR count). The summed E-state index contributed by atoms with van der Waals surface area (Å²) in [4.78, 5) is 10.5. The fraction of sp³-hybridized carbons (Fsp3) is 0.167. The van der Waals surface area contributed by atoms with Crippen molar-refractivity contribution in [3.05, 3.63) is 66.1 Å². The molecule has 0 fully saturated rings. The summed E-state index contributed by atoms with van der Waals surface area (Å²) in [5.74, 6) is -2.45. The van der Waals surface area contributed by atoms with Gasteiger partial charge < -0.3 is 30.3 Å². The Morgan fingerprint density at radius 2 is 1.56 bits per heavy atom. The molecule has 1 aliphatic heterocycles. The number of para-hydroxylation sites is 1. The van der Waals surface area contributed by atoms with Crippen molar-refractivity contribution >= 4 is 5.97 Å². The van der Waals surface area contributed by atoms with E-state index in [1.165, 1.54) is 0 Å². The number of esters is 1. The Balaban J connectivity index is 0.000000181. The molecule has 7 nitrogen and oxygen atoms in total. The SMILES string of the molecule is O=C1O[C@H]([C@@H](O)CO)C(O)=C1O.Oc1ccccc1-c1ccccc1. The Morgan fingerprint density at radius 1 is 0.960 bits per heavy atom. The van der Waals surface area contributed by atoms with Crippen molar-refractivity contribution in [3.63, 3.8) is 0 Å². The number of phenols is 1. The molecule has 0 spiro atoms. The number of carbonyl (C=O) groups excluding carboxylic acids is 1. The first kappa shape index (κ1) is 18.3. The third-order valence-corrected chi connectivity index (χ3v) is 3.46. The summed E-state index contributed by atoms with van der Waals surface area (Å²) in [5, 5.41) is 44.6. The second-order valence-electron chi connectivity index (χ2n) is 5.19. The summed E-state index contributed by atoms with van der Waals surface area (Å²) in [7, 11) is 0. The van der Waals surface area contributed by atoms with Crippen LogP contribution in [0.5, 0.6) is 5.75 Å². The van der Waals surface area contributed by atoms with Crippen molar-refractivity contribution in [2.75, 3.05) is 6.61 Å². The Labute approximate surface area is 143 Å². The topological polar surface area (TPSA) is 127 Å². The van der Waals surface area contributed by atoms with E-state index in [9.17, 15) is 9.90 Å². The third kappa shape index (κ3) is 4.28. The molecule has 0 bridgehead atoms. The quantitative estimate of drug-likeness (QED) is 0.535. The van der Waals surface area contributed by atoms with E-state index in [0.717, 1.165) is 11.1 Å². The average molecular weight is 346 g/mol. The lowest BCUT2D eigenvalue weighted by Gasteiger charge is -2.13. The molecular weight excluding hydrogens is 328 g/mol. The van der Waals surface area contributed by atoms with Gasteiger partial charge in [-0.25, -0.2) is 4.79 Å². The number of phenolic OH excluding ortho intramolecular Hbond substituents is 1. The average Bonchev–Trinajstić information content (AvgIpc) is 2.90. The molecule has 25 heavy (non-hydrogen) atoms. The van der Waals surface area contributed by atoms with Gasteiger partial charge in [-0.2, -0.15) is 0 Å². The van der Waals surface area contributed by atoms with E-state index in [2.05, 4.69) is 4.74 Å². The van der Waals surface area contributed by atoms with Gasteiger partial charge in [-0.3, -0.25) is 0 Å². The predicted molar refractivity (Wildman–Crippen MR) is 88.8 cm³/mol. The molecule has 7 heteroatoms. The van der Waals surface area contributed by atoms with Crippen LogP contribution in [0.25, 0.3) is 11.1 Å². The molecule has 132 valence electrons. The van der Waals surface area contributed by atoms with E-state index in [1.54, 1.807) is 6.07 Å². The highest BCUT2D eigenvalue weighted by Gasteiger charge is 2.38. The van der Waals surface area contributed by atoms with E-state index in [1.807, 2.05) is 48.5 Å². The second kappa shape index (κ2) is 8.18. The number of aliphatic hydroxyl groups excluding tert-OH is 4. The van der Waals surface area contributed by atoms with Gasteiger partial charge in [0, 0.05) is 5.56 Å². The summed E-state index contributed by atoms with van der Waals surface area (Å²) in [6, 6.07) is 17.2. The van der Waals surface area contributed by atoms with Crippen molar-refractivity contribution in [2.45, 2.75) is 12.2 Å². The maximum Gasteiger partial charge on any atom is 0.377 e. The Bertz CT molecular complexity index is 755. The first-order valence-electron chi connectivity index (χ1n) is 7.41. The zero-order valence-corrected chi connectivity index (χ0v) is 13.1. The molecule has 1 aliphatic rings. The third-order valence-electron chi connectivity index (χ3n) is 3.46. The van der Waals surface area contributed by atoms with Crippen molar-refractivity contribution < 1.29 is 35.1 Å². The van der Waals surface area contributed by atoms with Crippen molar-refractivity contribution in [1.82, 2.24) is 0 Å². The van der Waals surface area contributed by atoms with Gasteiger partial charge in [0.1, 0.15) is 11.9 Å². The smallest absolute Gasteiger partial charge is 0.377 e. The molecule has 0 saturated heterocycles. The number of cyclic esters (lactones) is 1. The molecule has 0 radical (unpaired) electrons. The fourth-order valence-electron chi connectivity index (χ4n) is 2.16. The normalized spacial score (nSPS) is 17.5. The summed E-state index contributed by atoms with van der Waals surface area (Å²) in [5.41, 5.74) is 1.92. The number of rotatable bonds is 3. The number of carbonyl (C=O) groups is 1. The highest BCUT2D eigenvalue weighted by Crippen LogP contribution is 2.27. The molecular formula is C18H18O7. The lowest BCUT2D eigenvalue weighted by molar-refractivity contribution is -0.147. The zero-order valence-electron chi connectivity index (χ0n) is 13.1. The lowest BCUT2D eigenvalue weighted by Crippen LogP contribution is -2.31. The van der Waals surface area contributed by atoms with Crippen LogP contribution in [0.1, 0.15) is 0 Å². The maximum absolute atomic E-state index is 10.5. The van der Waals surface area contributed by atoms with Crippen molar-refractivity contribution in [2.24, 2.45) is 0 Å². The molecule has 2 aromatic rings. The lowest BCUT2D eigenvalue weighted by atomic mass is 10.1. The van der Waals surface area contributed by atoms with Crippen LogP contribution in [0, 0.1) is 0 Å². The number of ether oxygens (including phenoxy) is 1. The predicted octanol–water partition coefficient (Wildman–Crippen LogP) is 1.65. The minimum Gasteiger partial charge on any atom is -0.507 e. The van der Waals surface area contributed by atoms with E-state index >= 15 is 0 Å². The van der Waals surface area contributed by atoms with Crippen LogP contribution in [0.4, 0.5) is 0 Å². The molecule has 5 N–H and O–H groups in total. The maximum atomic E-state index is 10.5. The Hall–Kier alpha value is -3.03. The van der Waals surface area contributed by atoms with Gasteiger partial charge in [0.2, 0.25) is 5.76 Å². The van der Waals surface area contributed by atoms with Gasteiger partial charge in [-0.15, -0.1) is 0 Å². The second-order valence-corrected chi connectivity index (χ2v) is 5.19. The number of hydrogen-bond acceptors (Lipinski definition) is 7. The summed E-state index contributed by atoms with van der Waals surface area (Å²) in [6.45, 7) is -0.671. The van der Waals surface area contributed by atoms with Crippen LogP contribution in [-0.2, 0) is 9.53 Å². The van der Waals surface area contributed by atoms with Gasteiger partial charge in [0.05, 0.1) is 6.61 Å². The standard InChI is InChI=1S/C12H10O.C6H8O6/c13-12-9-5-4-8-11(12)10-6-2-1-3-7-10;7-1-2(8)5-3(9)4(10)6(11)12-5/h1-9,13H;2,5,7-10H,1H2/t;2-,5+/m.0/s1. The largest absolute Gasteiger partial charge is 0.507 e. The van der Waals surface area contributed by atoms with Gasteiger partial charge >= 0.3 is 5.97 Å². The summed E-state index contributed by atoms with van der Waals surface area (Å²) < 4.78 is 4.32. The molecule has 0 aromatic heterocycles. The van der Waals surface area contributed by atoms with Crippen molar-refractivity contribution in [1.29, 1.82) is 0 Å². The van der Waals surface area contributed by atoms with Crippen LogP contribution >= 0.6 is 0 Å². The number of aliphatic hydroxyl groups is 4. The highest BCUT2D eigenvalue weighted by atomic mass is 16.6. The van der Waals surface area contributed by atoms with E-state index < -0.39 is 36.3 Å². The van der Waals surface area contributed by atoms with Crippen LogP contribution in [-0.4, -0.2) is 50.3 Å². The molecule has 0 aliphatic carbocycles. The molecule has 0 amide bonds. The van der Waals surface area contributed by atoms with E-state index in [-0.39, 0.29) is 0 Å². The van der Waals surface area contributed by atoms with Crippen LogP contribution in [0.3, 0.4) is 0 Å². The van der Waals surface area contributed by atoms with Crippen LogP contribution < -0.4 is 0 Å². The molecule has 0 unspecified atom stereocenters. The zero-order chi connectivity index (χ0) is 18.4. The molecule has 2 aromatic carbocycles. The Kier molecular flexibility index (Phi) is 5.99. The first-order valence-corrected chi connectivity index (χ1v) is 7.41. The molecule has 0 saturated carbocycles. The highest BCUT2D eigenvalue weighted by molar-refractivity contribution is 5.89. The number of aromatic hydroxyl groups is 1. The summed E-state index contributed by atoms with van der Waals surface area (Å²) >= 11 is 0. The summed E-state index contributed by atoms with van der Waals surface area (Å²) in [6.07, 6.45) is -2.78. The first-order chi connectivity index (χ1) is 12.0. The van der Waals surface area contributed by atoms with Gasteiger partial charge in [-0.1, -0.05) is 48.5 Å². The van der Waals surface area contributed by atoms with Crippen LogP contribution in [0.15, 0.2) is 66.1 Å². The van der Waals surface area contributed by atoms with E-state index in [4.69, 9.17) is 20.4 Å². The number of benzene rings is 2. The van der Waals surface area contributed by atoms with Gasteiger partial charge in [0.25, 0.3) is 0 Å². The van der Waals surface area contributed by atoms with E-state index in [0.29, 0.717) is 5.75 Å². The minimum absolute atomic E-state index is 0.328. The molecule has 2 atom stereocenters. The minimum atomic E-state index is -1.42. The molecule has 1 heterocycles. The van der Waals surface area contributed by atoms with Crippen LogP contribution in [0.2, 0.25) is 0 Å². The van der Waals surface area contributed by atoms with Gasteiger partial charge in [0.15, 0.2) is 11.9 Å². The number of hydrogen-bond donors (Lipinski definition) is 5. The van der Waals surface area contributed by atoms with Crippen molar-refractivity contribution in [3.8, 4) is 16.9 Å². The fourth-order valence-corrected chi connectivity index (χ4v) is 2.16. The van der Waals surface area contributed by atoms with Gasteiger partial charge in [-0.05, 0) is 11.6 Å².